The highest BCUT2D eigenvalue weighted by molar-refractivity contribution is 6.03. The largest absolute Gasteiger partial charge is 0.456 e. The van der Waals surface area contributed by atoms with E-state index in [0.29, 0.717) is 5.56 Å². The van der Waals surface area contributed by atoms with Gasteiger partial charge in [-0.25, -0.2) is 4.39 Å². The highest BCUT2D eigenvalue weighted by atomic mass is 19.1. The molecule has 1 saturated heterocycles. The van der Waals surface area contributed by atoms with E-state index in [-0.39, 0.29) is 11.6 Å². The van der Waals surface area contributed by atoms with Crippen molar-refractivity contribution in [2.24, 2.45) is 11.3 Å². The van der Waals surface area contributed by atoms with E-state index < -0.39 is 23.4 Å². The number of carbonyl (C=O) groups is 2. The summed E-state index contributed by atoms with van der Waals surface area (Å²) in [6.07, 6.45) is -0.658. The molecule has 1 aliphatic heterocycles. The van der Waals surface area contributed by atoms with Gasteiger partial charge in [-0.3, -0.25) is 9.59 Å². The molecule has 0 spiro atoms. The van der Waals surface area contributed by atoms with Crippen LogP contribution in [0, 0.1) is 17.2 Å². The molecule has 1 aromatic rings. The van der Waals surface area contributed by atoms with Gasteiger partial charge in [0.15, 0.2) is 5.78 Å². The van der Waals surface area contributed by atoms with Crippen LogP contribution in [0.3, 0.4) is 0 Å². The Morgan fingerprint density at radius 3 is 2.28 bits per heavy atom. The van der Waals surface area contributed by atoms with Crippen LogP contribution in [0.1, 0.15) is 32.4 Å². The van der Waals surface area contributed by atoms with Gasteiger partial charge in [-0.2, -0.15) is 0 Å². The molecule has 4 heteroatoms. The maximum atomic E-state index is 12.9. The predicted molar refractivity (Wildman–Crippen MR) is 63.2 cm³/mol. The number of benzene rings is 1. The summed E-state index contributed by atoms with van der Waals surface area (Å²) < 4.78 is 18.2. The standard InChI is InChI=1S/C14H15FO3/c1-8-11(16)14(2,3)12(18-13(8)17)9-4-6-10(15)7-5-9/h4-8,12H,1-3H3/t8-,12-/m1/s1. The van der Waals surface area contributed by atoms with Crippen molar-refractivity contribution >= 4 is 11.8 Å². The van der Waals surface area contributed by atoms with Gasteiger partial charge in [-0.15, -0.1) is 0 Å². The first-order valence-electron chi connectivity index (χ1n) is 5.84. The molecule has 3 nitrogen and oxygen atoms in total. The van der Waals surface area contributed by atoms with Crippen LogP contribution in [0.15, 0.2) is 24.3 Å². The zero-order valence-corrected chi connectivity index (χ0v) is 10.6. The van der Waals surface area contributed by atoms with E-state index in [1.807, 2.05) is 0 Å². The SMILES string of the molecule is C[C@H]1C(=O)O[C@H](c2ccc(F)cc2)C(C)(C)C1=O. The van der Waals surface area contributed by atoms with Crippen LogP contribution < -0.4 is 0 Å². The lowest BCUT2D eigenvalue weighted by atomic mass is 9.73. The lowest BCUT2D eigenvalue weighted by Crippen LogP contribution is -2.46. The summed E-state index contributed by atoms with van der Waals surface area (Å²) in [4.78, 5) is 23.8. The monoisotopic (exact) mass is 250 g/mol. The van der Waals surface area contributed by atoms with Crippen LogP contribution in [-0.4, -0.2) is 11.8 Å². The number of halogens is 1. The fraction of sp³-hybridized carbons (Fsp3) is 0.429. The van der Waals surface area contributed by atoms with Gasteiger partial charge in [0.2, 0.25) is 0 Å². The van der Waals surface area contributed by atoms with Gasteiger partial charge in [0.05, 0.1) is 5.41 Å². The highest BCUT2D eigenvalue weighted by Crippen LogP contribution is 2.43. The summed E-state index contributed by atoms with van der Waals surface area (Å²) in [5.74, 6) is -1.77. The zero-order valence-electron chi connectivity index (χ0n) is 10.6. The number of ketones is 1. The van der Waals surface area contributed by atoms with Gasteiger partial charge in [0.1, 0.15) is 17.8 Å². The average Bonchev–Trinajstić information content (AvgIpc) is 2.33. The quantitative estimate of drug-likeness (QED) is 0.568. The molecule has 2 atom stereocenters. The molecule has 0 radical (unpaired) electrons. The van der Waals surface area contributed by atoms with E-state index in [1.165, 1.54) is 24.3 Å². The first-order chi connectivity index (χ1) is 8.34. The van der Waals surface area contributed by atoms with Crippen molar-refractivity contribution in [3.8, 4) is 0 Å². The average molecular weight is 250 g/mol. The second-order valence-electron chi connectivity index (χ2n) is 5.18. The number of rotatable bonds is 1. The Morgan fingerprint density at radius 1 is 1.17 bits per heavy atom. The van der Waals surface area contributed by atoms with E-state index >= 15 is 0 Å². The molecule has 0 saturated carbocycles. The molecule has 0 aromatic heterocycles. The molecule has 0 aliphatic carbocycles. The third-order valence-corrected chi connectivity index (χ3v) is 3.44. The molecule has 2 rings (SSSR count). The molecule has 96 valence electrons. The molecule has 18 heavy (non-hydrogen) atoms. The van der Waals surface area contributed by atoms with Gasteiger partial charge in [0.25, 0.3) is 0 Å². The van der Waals surface area contributed by atoms with E-state index in [0.717, 1.165) is 0 Å². The number of carbonyl (C=O) groups excluding carboxylic acids is 2. The number of hydrogen-bond donors (Lipinski definition) is 0. The fourth-order valence-electron chi connectivity index (χ4n) is 2.28. The van der Waals surface area contributed by atoms with Crippen molar-refractivity contribution in [3.63, 3.8) is 0 Å². The Labute approximate surface area is 105 Å². The molecule has 0 bridgehead atoms. The maximum absolute atomic E-state index is 12.9. The van der Waals surface area contributed by atoms with E-state index in [2.05, 4.69) is 0 Å². The first-order valence-corrected chi connectivity index (χ1v) is 5.84. The number of Topliss-reactive ketones (excluding diaryl/α,β-unsaturated/α-hetero) is 1. The van der Waals surface area contributed by atoms with Crippen LogP contribution >= 0.6 is 0 Å². The number of hydrogen-bond acceptors (Lipinski definition) is 3. The lowest BCUT2D eigenvalue weighted by Gasteiger charge is -2.39. The summed E-state index contributed by atoms with van der Waals surface area (Å²) in [7, 11) is 0. The second-order valence-corrected chi connectivity index (χ2v) is 5.18. The van der Waals surface area contributed by atoms with Crippen molar-refractivity contribution in [2.75, 3.05) is 0 Å². The van der Waals surface area contributed by atoms with Crippen LogP contribution in [0.4, 0.5) is 4.39 Å². The summed E-state index contributed by atoms with van der Waals surface area (Å²) >= 11 is 0. The van der Waals surface area contributed by atoms with Crippen molar-refractivity contribution in [2.45, 2.75) is 26.9 Å². The Balaban J connectivity index is 2.40. The third-order valence-electron chi connectivity index (χ3n) is 3.44. The summed E-state index contributed by atoms with van der Waals surface area (Å²) in [6, 6.07) is 5.67. The lowest BCUT2D eigenvalue weighted by molar-refractivity contribution is -0.177. The number of ether oxygens (including phenoxy) is 1. The molecular formula is C14H15FO3. The maximum Gasteiger partial charge on any atom is 0.316 e. The topological polar surface area (TPSA) is 43.4 Å². The number of esters is 1. The first kappa shape index (κ1) is 12.7. The Bertz CT molecular complexity index is 490. The zero-order chi connectivity index (χ0) is 13.5. The van der Waals surface area contributed by atoms with Crippen molar-refractivity contribution in [3.05, 3.63) is 35.6 Å². The van der Waals surface area contributed by atoms with E-state index in [1.54, 1.807) is 20.8 Å². The van der Waals surface area contributed by atoms with Gasteiger partial charge >= 0.3 is 5.97 Å². The minimum atomic E-state index is -0.800. The predicted octanol–water partition coefficient (Wildman–Crippen LogP) is 2.66. The third kappa shape index (κ3) is 1.92. The van der Waals surface area contributed by atoms with E-state index in [4.69, 9.17) is 4.74 Å². The molecule has 1 aromatic carbocycles. The molecule has 1 heterocycles. The molecule has 0 N–H and O–H groups in total. The van der Waals surface area contributed by atoms with Gasteiger partial charge < -0.3 is 4.74 Å². The van der Waals surface area contributed by atoms with Gasteiger partial charge in [-0.1, -0.05) is 12.1 Å². The fourth-order valence-corrected chi connectivity index (χ4v) is 2.28. The van der Waals surface area contributed by atoms with Crippen molar-refractivity contribution in [1.29, 1.82) is 0 Å². The van der Waals surface area contributed by atoms with Crippen LogP contribution in [-0.2, 0) is 14.3 Å². The van der Waals surface area contributed by atoms with Crippen molar-refractivity contribution < 1.29 is 18.7 Å². The summed E-state index contributed by atoms with van der Waals surface area (Å²) in [6.45, 7) is 5.03. The van der Waals surface area contributed by atoms with Crippen LogP contribution in [0.5, 0.6) is 0 Å². The highest BCUT2D eigenvalue weighted by Gasteiger charge is 2.49. The molecular weight excluding hydrogens is 235 g/mol. The smallest absolute Gasteiger partial charge is 0.316 e. The summed E-state index contributed by atoms with van der Waals surface area (Å²) in [5.41, 5.74) is -0.166. The van der Waals surface area contributed by atoms with Gasteiger partial charge in [0, 0.05) is 0 Å². The minimum absolute atomic E-state index is 0.145. The Hall–Kier alpha value is -1.71. The minimum Gasteiger partial charge on any atom is -0.456 e. The Kier molecular flexibility index (Phi) is 2.97. The number of cyclic esters (lactones) is 1. The van der Waals surface area contributed by atoms with Gasteiger partial charge in [-0.05, 0) is 38.5 Å². The van der Waals surface area contributed by atoms with Crippen molar-refractivity contribution in [1.82, 2.24) is 0 Å². The van der Waals surface area contributed by atoms with Crippen LogP contribution in [0.2, 0.25) is 0 Å². The van der Waals surface area contributed by atoms with Crippen LogP contribution in [0.25, 0.3) is 0 Å². The Morgan fingerprint density at radius 2 is 1.72 bits per heavy atom. The normalized spacial score (nSPS) is 26.9. The van der Waals surface area contributed by atoms with E-state index in [9.17, 15) is 14.0 Å². The molecule has 1 aliphatic rings. The second kappa shape index (κ2) is 4.19. The molecule has 0 unspecified atom stereocenters. The summed E-state index contributed by atoms with van der Waals surface area (Å²) in [5, 5.41) is 0. The molecule has 0 amide bonds. The molecule has 1 fully saturated rings.